The summed E-state index contributed by atoms with van der Waals surface area (Å²) in [5.41, 5.74) is 1.67. The summed E-state index contributed by atoms with van der Waals surface area (Å²) in [6.45, 7) is 5.65. The van der Waals surface area contributed by atoms with E-state index in [0.29, 0.717) is 18.7 Å². The number of piperidine rings is 1. The summed E-state index contributed by atoms with van der Waals surface area (Å²) in [6.07, 6.45) is 2.12. The number of hydrogen-bond donors (Lipinski definition) is 1. The van der Waals surface area contributed by atoms with Crippen LogP contribution in [0.3, 0.4) is 0 Å². The minimum absolute atomic E-state index is 0.0244. The van der Waals surface area contributed by atoms with Gasteiger partial charge in [-0.3, -0.25) is 9.59 Å². The van der Waals surface area contributed by atoms with Gasteiger partial charge in [0.15, 0.2) is 0 Å². The van der Waals surface area contributed by atoms with Crippen molar-refractivity contribution in [1.82, 2.24) is 10.2 Å². The summed E-state index contributed by atoms with van der Waals surface area (Å²) in [5.74, 6) is 0.0530. The van der Waals surface area contributed by atoms with Crippen LogP contribution in [-0.2, 0) is 16.1 Å². The maximum atomic E-state index is 12.5. The molecule has 1 aliphatic rings. The largest absolute Gasteiger partial charge is 0.380 e. The van der Waals surface area contributed by atoms with Gasteiger partial charge in [0.05, 0.1) is 6.10 Å². The highest BCUT2D eigenvalue weighted by Crippen LogP contribution is 2.16. The van der Waals surface area contributed by atoms with Crippen molar-refractivity contribution in [3.63, 3.8) is 0 Å². The SMILES string of the molecule is CO[C@H]1CCCN(C(=O)c2ccc(CNC(=O)C(C)C)cc2)C1. The first-order chi connectivity index (χ1) is 11.0. The third-order valence-electron chi connectivity index (χ3n) is 4.19. The van der Waals surface area contributed by atoms with Gasteiger partial charge in [0.2, 0.25) is 5.91 Å². The molecule has 0 aliphatic carbocycles. The molecule has 1 fully saturated rings. The molecule has 1 aliphatic heterocycles. The van der Waals surface area contributed by atoms with Gasteiger partial charge in [0, 0.05) is 38.2 Å². The number of carbonyl (C=O) groups excluding carboxylic acids is 2. The first-order valence-electron chi connectivity index (χ1n) is 8.20. The molecule has 1 atom stereocenters. The summed E-state index contributed by atoms with van der Waals surface area (Å²) in [4.78, 5) is 26.0. The lowest BCUT2D eigenvalue weighted by atomic mass is 10.1. The Morgan fingerprint density at radius 3 is 2.61 bits per heavy atom. The van der Waals surface area contributed by atoms with Gasteiger partial charge in [-0.15, -0.1) is 0 Å². The van der Waals surface area contributed by atoms with Gasteiger partial charge in [-0.25, -0.2) is 0 Å². The van der Waals surface area contributed by atoms with E-state index in [0.717, 1.165) is 24.9 Å². The topological polar surface area (TPSA) is 58.6 Å². The molecule has 5 heteroatoms. The highest BCUT2D eigenvalue weighted by atomic mass is 16.5. The first-order valence-corrected chi connectivity index (χ1v) is 8.20. The van der Waals surface area contributed by atoms with Crippen molar-refractivity contribution in [2.45, 2.75) is 39.3 Å². The van der Waals surface area contributed by atoms with E-state index in [9.17, 15) is 9.59 Å². The summed E-state index contributed by atoms with van der Waals surface area (Å²) in [7, 11) is 1.69. The minimum Gasteiger partial charge on any atom is -0.380 e. The van der Waals surface area contributed by atoms with Gasteiger partial charge < -0.3 is 15.0 Å². The quantitative estimate of drug-likeness (QED) is 0.905. The number of amides is 2. The second kappa shape index (κ2) is 8.11. The normalized spacial score (nSPS) is 18.1. The van der Waals surface area contributed by atoms with Crippen LogP contribution in [-0.4, -0.2) is 43.0 Å². The molecule has 0 spiro atoms. The maximum absolute atomic E-state index is 12.5. The molecular formula is C18H26N2O3. The Morgan fingerprint density at radius 1 is 1.30 bits per heavy atom. The fourth-order valence-corrected chi connectivity index (χ4v) is 2.66. The lowest BCUT2D eigenvalue weighted by Crippen LogP contribution is -2.42. The molecule has 0 saturated carbocycles. The average Bonchev–Trinajstić information content (AvgIpc) is 2.59. The van der Waals surface area contributed by atoms with Crippen molar-refractivity contribution in [1.29, 1.82) is 0 Å². The van der Waals surface area contributed by atoms with Gasteiger partial charge in [0.1, 0.15) is 0 Å². The van der Waals surface area contributed by atoms with Crippen LogP contribution < -0.4 is 5.32 Å². The minimum atomic E-state index is -0.0244. The number of nitrogens with zero attached hydrogens (tertiary/aromatic N) is 1. The van der Waals surface area contributed by atoms with Crippen LogP contribution in [0.1, 0.15) is 42.6 Å². The molecule has 5 nitrogen and oxygen atoms in total. The van der Waals surface area contributed by atoms with E-state index >= 15 is 0 Å². The average molecular weight is 318 g/mol. The van der Waals surface area contributed by atoms with E-state index in [2.05, 4.69) is 5.32 Å². The number of benzene rings is 1. The van der Waals surface area contributed by atoms with Crippen LogP contribution in [0.15, 0.2) is 24.3 Å². The summed E-state index contributed by atoms with van der Waals surface area (Å²) >= 11 is 0. The Bertz CT molecular complexity index is 540. The smallest absolute Gasteiger partial charge is 0.253 e. The summed E-state index contributed by atoms with van der Waals surface area (Å²) in [6, 6.07) is 7.45. The van der Waals surface area contributed by atoms with Crippen LogP contribution in [0, 0.1) is 5.92 Å². The summed E-state index contributed by atoms with van der Waals surface area (Å²) < 4.78 is 5.37. The van der Waals surface area contributed by atoms with Crippen LogP contribution in [0.2, 0.25) is 0 Å². The van der Waals surface area contributed by atoms with E-state index in [-0.39, 0.29) is 23.8 Å². The van der Waals surface area contributed by atoms with E-state index < -0.39 is 0 Å². The van der Waals surface area contributed by atoms with Crippen LogP contribution in [0.5, 0.6) is 0 Å². The molecule has 23 heavy (non-hydrogen) atoms. The van der Waals surface area contributed by atoms with Gasteiger partial charge in [-0.1, -0.05) is 26.0 Å². The molecule has 0 bridgehead atoms. The van der Waals surface area contributed by atoms with E-state index in [1.807, 2.05) is 43.0 Å². The first kappa shape index (κ1) is 17.5. The zero-order valence-electron chi connectivity index (χ0n) is 14.2. The van der Waals surface area contributed by atoms with E-state index in [4.69, 9.17) is 4.74 Å². The molecule has 1 saturated heterocycles. The van der Waals surface area contributed by atoms with Crippen LogP contribution >= 0.6 is 0 Å². The highest BCUT2D eigenvalue weighted by Gasteiger charge is 2.24. The second-order valence-electron chi connectivity index (χ2n) is 6.32. The maximum Gasteiger partial charge on any atom is 0.253 e. The molecule has 0 aromatic heterocycles. The molecule has 2 amide bonds. The number of likely N-dealkylation sites (tertiary alicyclic amines) is 1. The number of ether oxygens (including phenoxy) is 1. The number of rotatable bonds is 5. The second-order valence-corrected chi connectivity index (χ2v) is 6.32. The molecular weight excluding hydrogens is 292 g/mol. The van der Waals surface area contributed by atoms with Gasteiger partial charge in [0.25, 0.3) is 5.91 Å². The van der Waals surface area contributed by atoms with Gasteiger partial charge in [-0.2, -0.15) is 0 Å². The predicted molar refractivity (Wildman–Crippen MR) is 89.1 cm³/mol. The van der Waals surface area contributed by atoms with Crippen LogP contribution in [0.25, 0.3) is 0 Å². The number of nitrogens with one attached hydrogen (secondary N) is 1. The third kappa shape index (κ3) is 4.79. The molecule has 1 heterocycles. The molecule has 126 valence electrons. The Kier molecular flexibility index (Phi) is 6.16. The zero-order chi connectivity index (χ0) is 16.8. The molecule has 1 N–H and O–H groups in total. The monoisotopic (exact) mass is 318 g/mol. The Labute approximate surface area is 138 Å². The number of methoxy groups -OCH3 is 1. The van der Waals surface area contributed by atoms with Crippen molar-refractivity contribution in [2.75, 3.05) is 20.2 Å². The van der Waals surface area contributed by atoms with Crippen molar-refractivity contribution in [2.24, 2.45) is 5.92 Å². The highest BCUT2D eigenvalue weighted by molar-refractivity contribution is 5.94. The lowest BCUT2D eigenvalue weighted by molar-refractivity contribution is -0.124. The van der Waals surface area contributed by atoms with Crippen molar-refractivity contribution >= 4 is 11.8 Å². The molecule has 1 aromatic carbocycles. The zero-order valence-corrected chi connectivity index (χ0v) is 14.2. The Morgan fingerprint density at radius 2 is 2.00 bits per heavy atom. The van der Waals surface area contributed by atoms with Crippen molar-refractivity contribution < 1.29 is 14.3 Å². The number of carbonyl (C=O) groups is 2. The van der Waals surface area contributed by atoms with Crippen molar-refractivity contribution in [3.8, 4) is 0 Å². The fraction of sp³-hybridized carbons (Fsp3) is 0.556. The van der Waals surface area contributed by atoms with Crippen LogP contribution in [0.4, 0.5) is 0 Å². The molecule has 2 rings (SSSR count). The fourth-order valence-electron chi connectivity index (χ4n) is 2.66. The molecule has 1 aromatic rings. The van der Waals surface area contributed by atoms with Gasteiger partial charge >= 0.3 is 0 Å². The number of hydrogen-bond acceptors (Lipinski definition) is 3. The third-order valence-corrected chi connectivity index (χ3v) is 4.19. The van der Waals surface area contributed by atoms with E-state index in [1.165, 1.54) is 0 Å². The molecule has 0 radical (unpaired) electrons. The van der Waals surface area contributed by atoms with Gasteiger partial charge in [-0.05, 0) is 30.5 Å². The lowest BCUT2D eigenvalue weighted by Gasteiger charge is -2.32. The summed E-state index contributed by atoms with van der Waals surface area (Å²) in [5, 5.41) is 2.87. The van der Waals surface area contributed by atoms with E-state index in [1.54, 1.807) is 7.11 Å². The Balaban J connectivity index is 1.93. The molecule has 0 unspecified atom stereocenters. The standard InChI is InChI=1S/C18H26N2O3/c1-13(2)17(21)19-11-14-6-8-15(9-7-14)18(22)20-10-4-5-16(12-20)23-3/h6-9,13,16H,4-5,10-12H2,1-3H3,(H,19,21)/t16-/m0/s1. The van der Waals surface area contributed by atoms with Crippen molar-refractivity contribution in [3.05, 3.63) is 35.4 Å². The Hall–Kier alpha value is -1.88. The predicted octanol–water partition coefficient (Wildman–Crippen LogP) is 2.21.